The molecule has 0 spiro atoms. The van der Waals surface area contributed by atoms with Gasteiger partial charge in [0, 0.05) is 11.8 Å². The largest absolute Gasteiger partial charge is 0.426 e. The number of hydrogen-bond acceptors (Lipinski definition) is 3. The summed E-state index contributed by atoms with van der Waals surface area (Å²) >= 11 is 7.37. The van der Waals surface area contributed by atoms with E-state index in [0.717, 1.165) is 9.37 Å². The molecule has 1 aromatic carbocycles. The first-order chi connectivity index (χ1) is 5.59. The van der Waals surface area contributed by atoms with E-state index < -0.39 is 0 Å². The molecule has 1 aromatic rings. The van der Waals surface area contributed by atoms with E-state index in [9.17, 15) is 4.79 Å². The quantitative estimate of drug-likeness (QED) is 0.469. The van der Waals surface area contributed by atoms with Gasteiger partial charge in [-0.3, -0.25) is 4.79 Å². The number of esters is 1. The van der Waals surface area contributed by atoms with Gasteiger partial charge >= 0.3 is 5.97 Å². The maximum atomic E-state index is 10.6. The van der Waals surface area contributed by atoms with E-state index in [1.807, 2.05) is 0 Å². The third kappa shape index (κ3) is 2.53. The maximum absolute atomic E-state index is 10.6. The highest BCUT2D eigenvalue weighted by molar-refractivity contribution is 9.10. The molecule has 0 radical (unpaired) electrons. The Bertz CT molecular complexity index is 312. The first-order valence-corrected chi connectivity index (χ1v) is 4.50. The molecule has 2 nitrogen and oxygen atoms in total. The summed E-state index contributed by atoms with van der Waals surface area (Å²) in [6, 6.07) is 5.21. The van der Waals surface area contributed by atoms with Gasteiger partial charge in [0.05, 0.1) is 4.47 Å². The van der Waals surface area contributed by atoms with E-state index >= 15 is 0 Å². The average Bonchev–Trinajstić information content (AvgIpc) is 1.94. The molecular weight excluding hydrogens is 240 g/mol. The summed E-state index contributed by atoms with van der Waals surface area (Å²) in [7, 11) is 0. The lowest BCUT2D eigenvalue weighted by molar-refractivity contribution is -0.131. The molecule has 0 aromatic heterocycles. The Morgan fingerprint density at radius 1 is 1.58 bits per heavy atom. The monoisotopic (exact) mass is 246 g/mol. The Labute approximate surface area is 84.5 Å². The van der Waals surface area contributed by atoms with Crippen molar-refractivity contribution in [2.24, 2.45) is 0 Å². The Morgan fingerprint density at radius 2 is 2.25 bits per heavy atom. The van der Waals surface area contributed by atoms with Crippen molar-refractivity contribution in [1.29, 1.82) is 0 Å². The molecule has 0 N–H and O–H groups in total. The minimum atomic E-state index is -0.331. The van der Waals surface area contributed by atoms with E-state index in [1.165, 1.54) is 6.92 Å². The van der Waals surface area contributed by atoms with Gasteiger partial charge in [0.25, 0.3) is 0 Å². The Balaban J connectivity index is 2.93. The van der Waals surface area contributed by atoms with Crippen LogP contribution in [0.5, 0.6) is 5.75 Å². The standard InChI is InChI=1S/C8H7BrO2S/c1-5(10)11-8-3-2-6(12)4-7(8)9/h2-4,12H,1H3. The molecule has 0 atom stereocenters. The van der Waals surface area contributed by atoms with Crippen molar-refractivity contribution in [3.8, 4) is 5.75 Å². The highest BCUT2D eigenvalue weighted by Crippen LogP contribution is 2.27. The SMILES string of the molecule is CC(=O)Oc1ccc(S)cc1Br. The van der Waals surface area contributed by atoms with Gasteiger partial charge in [0.1, 0.15) is 5.75 Å². The van der Waals surface area contributed by atoms with Crippen molar-refractivity contribution in [2.45, 2.75) is 11.8 Å². The molecule has 0 aliphatic rings. The van der Waals surface area contributed by atoms with Gasteiger partial charge < -0.3 is 4.74 Å². The zero-order chi connectivity index (χ0) is 9.14. The second-order valence-corrected chi connectivity index (χ2v) is 3.58. The summed E-state index contributed by atoms with van der Waals surface area (Å²) in [5.41, 5.74) is 0. The molecule has 0 unspecified atom stereocenters. The van der Waals surface area contributed by atoms with Crippen LogP contribution in [0, 0.1) is 0 Å². The average molecular weight is 247 g/mol. The van der Waals surface area contributed by atoms with Gasteiger partial charge in [-0.05, 0) is 34.1 Å². The predicted molar refractivity (Wildman–Crippen MR) is 52.7 cm³/mol. The van der Waals surface area contributed by atoms with Gasteiger partial charge in [-0.25, -0.2) is 0 Å². The van der Waals surface area contributed by atoms with E-state index in [4.69, 9.17) is 4.74 Å². The smallest absolute Gasteiger partial charge is 0.308 e. The first kappa shape index (κ1) is 9.61. The number of ether oxygens (including phenoxy) is 1. The minimum Gasteiger partial charge on any atom is -0.426 e. The van der Waals surface area contributed by atoms with Gasteiger partial charge in [-0.15, -0.1) is 12.6 Å². The third-order valence-corrected chi connectivity index (χ3v) is 2.07. The molecule has 1 rings (SSSR count). The number of carbonyl (C=O) groups excluding carboxylic acids is 1. The molecule has 0 fully saturated rings. The van der Waals surface area contributed by atoms with Crippen molar-refractivity contribution >= 4 is 34.5 Å². The fraction of sp³-hybridized carbons (Fsp3) is 0.125. The van der Waals surface area contributed by atoms with Crippen LogP contribution >= 0.6 is 28.6 Å². The maximum Gasteiger partial charge on any atom is 0.308 e. The first-order valence-electron chi connectivity index (χ1n) is 3.26. The summed E-state index contributed by atoms with van der Waals surface area (Å²) in [4.78, 5) is 11.4. The summed E-state index contributed by atoms with van der Waals surface area (Å²) in [5.74, 6) is 0.183. The number of halogens is 1. The minimum absolute atomic E-state index is 0.331. The molecule has 0 saturated carbocycles. The Kier molecular flexibility index (Phi) is 3.17. The zero-order valence-electron chi connectivity index (χ0n) is 6.37. The van der Waals surface area contributed by atoms with Crippen LogP contribution in [0.1, 0.15) is 6.92 Å². The van der Waals surface area contributed by atoms with Gasteiger partial charge in [0.2, 0.25) is 0 Å². The van der Waals surface area contributed by atoms with Crippen LogP contribution < -0.4 is 4.74 Å². The van der Waals surface area contributed by atoms with Crippen molar-refractivity contribution in [3.05, 3.63) is 22.7 Å². The summed E-state index contributed by atoms with van der Waals surface area (Å²) < 4.78 is 5.61. The summed E-state index contributed by atoms with van der Waals surface area (Å²) in [5, 5.41) is 0. The fourth-order valence-electron chi connectivity index (χ4n) is 0.727. The zero-order valence-corrected chi connectivity index (χ0v) is 8.85. The lowest BCUT2D eigenvalue weighted by Gasteiger charge is -2.03. The lowest BCUT2D eigenvalue weighted by Crippen LogP contribution is -2.01. The molecule has 0 amide bonds. The number of rotatable bonds is 1. The van der Waals surface area contributed by atoms with E-state index in [2.05, 4.69) is 28.6 Å². The predicted octanol–water partition coefficient (Wildman–Crippen LogP) is 2.66. The fourth-order valence-corrected chi connectivity index (χ4v) is 1.57. The highest BCUT2D eigenvalue weighted by atomic mass is 79.9. The number of thiol groups is 1. The van der Waals surface area contributed by atoms with Crippen LogP contribution in [-0.4, -0.2) is 5.97 Å². The van der Waals surface area contributed by atoms with Crippen molar-refractivity contribution in [1.82, 2.24) is 0 Å². The normalized spacial score (nSPS) is 9.58. The van der Waals surface area contributed by atoms with Crippen molar-refractivity contribution in [3.63, 3.8) is 0 Å². The molecule has 0 aliphatic carbocycles. The van der Waals surface area contributed by atoms with Crippen LogP contribution in [0.2, 0.25) is 0 Å². The molecule has 0 aliphatic heterocycles. The number of benzene rings is 1. The number of hydrogen-bond donors (Lipinski definition) is 1. The Hall–Kier alpha value is -0.480. The van der Waals surface area contributed by atoms with Crippen LogP contribution in [-0.2, 0) is 4.79 Å². The van der Waals surface area contributed by atoms with Gasteiger partial charge in [-0.1, -0.05) is 0 Å². The van der Waals surface area contributed by atoms with E-state index in [0.29, 0.717) is 5.75 Å². The molecular formula is C8H7BrO2S. The highest BCUT2D eigenvalue weighted by Gasteiger charge is 2.02. The topological polar surface area (TPSA) is 26.3 Å². The number of carbonyl (C=O) groups is 1. The van der Waals surface area contributed by atoms with Crippen molar-refractivity contribution < 1.29 is 9.53 Å². The van der Waals surface area contributed by atoms with Gasteiger partial charge in [-0.2, -0.15) is 0 Å². The Morgan fingerprint density at radius 3 is 2.75 bits per heavy atom. The van der Waals surface area contributed by atoms with Crippen molar-refractivity contribution in [2.75, 3.05) is 0 Å². The molecule has 0 bridgehead atoms. The molecule has 0 heterocycles. The summed E-state index contributed by atoms with van der Waals surface area (Å²) in [6.45, 7) is 1.36. The van der Waals surface area contributed by atoms with Gasteiger partial charge in [0.15, 0.2) is 0 Å². The van der Waals surface area contributed by atoms with Crippen LogP contribution in [0.4, 0.5) is 0 Å². The van der Waals surface area contributed by atoms with E-state index in [1.54, 1.807) is 18.2 Å². The third-order valence-electron chi connectivity index (χ3n) is 1.17. The lowest BCUT2D eigenvalue weighted by atomic mass is 10.3. The molecule has 64 valence electrons. The molecule has 4 heteroatoms. The molecule has 12 heavy (non-hydrogen) atoms. The summed E-state index contributed by atoms with van der Waals surface area (Å²) in [6.07, 6.45) is 0. The van der Waals surface area contributed by atoms with E-state index in [-0.39, 0.29) is 5.97 Å². The van der Waals surface area contributed by atoms with Crippen LogP contribution in [0.15, 0.2) is 27.6 Å². The second kappa shape index (κ2) is 3.96. The van der Waals surface area contributed by atoms with Crippen LogP contribution in [0.3, 0.4) is 0 Å². The van der Waals surface area contributed by atoms with Crippen LogP contribution in [0.25, 0.3) is 0 Å². The molecule has 0 saturated heterocycles. The second-order valence-electron chi connectivity index (χ2n) is 2.21.